The molecular formula is C39H54F3N7O5S. The predicted molar refractivity (Wildman–Crippen MR) is 201 cm³/mol. The molecule has 55 heavy (non-hydrogen) atoms. The van der Waals surface area contributed by atoms with E-state index in [0.29, 0.717) is 54.3 Å². The lowest BCUT2D eigenvalue weighted by atomic mass is 9.52. The summed E-state index contributed by atoms with van der Waals surface area (Å²) in [6.07, 6.45) is 8.71. The molecule has 3 aromatic rings. The van der Waals surface area contributed by atoms with E-state index in [0.717, 1.165) is 76.5 Å². The van der Waals surface area contributed by atoms with Crippen LogP contribution >= 0.6 is 11.9 Å². The average Bonchev–Trinajstić information content (AvgIpc) is 3.77. The van der Waals surface area contributed by atoms with Crippen molar-refractivity contribution in [3.63, 3.8) is 0 Å². The summed E-state index contributed by atoms with van der Waals surface area (Å²) in [6.45, 7) is 5.92. The molecule has 0 bridgehead atoms. The summed E-state index contributed by atoms with van der Waals surface area (Å²) in [5.74, 6) is 2.84. The van der Waals surface area contributed by atoms with Crippen molar-refractivity contribution in [3.8, 4) is 5.75 Å². The van der Waals surface area contributed by atoms with Gasteiger partial charge in [-0.2, -0.15) is 13.2 Å². The number of hydrogen-bond acceptors (Lipinski definition) is 12. The Balaban J connectivity index is 0.000000305. The first-order valence-electron chi connectivity index (χ1n) is 19.7. The highest BCUT2D eigenvalue weighted by molar-refractivity contribution is 7.99. The Morgan fingerprint density at radius 2 is 1.85 bits per heavy atom. The van der Waals surface area contributed by atoms with Crippen LogP contribution in [0.4, 0.5) is 19.0 Å². The topological polar surface area (TPSA) is 162 Å². The molecule has 12 nitrogen and oxygen atoms in total. The number of likely N-dealkylation sites (tertiary alicyclic amines) is 1. The molecule has 5 N–H and O–H groups in total. The first-order valence-corrected chi connectivity index (χ1v) is 20.9. The fourth-order valence-corrected chi connectivity index (χ4v) is 10.6. The predicted octanol–water partition coefficient (Wildman–Crippen LogP) is 5.91. The highest BCUT2D eigenvalue weighted by Gasteiger charge is 2.56. The molecule has 2 aliphatic heterocycles. The van der Waals surface area contributed by atoms with Gasteiger partial charge in [0, 0.05) is 19.3 Å². The zero-order chi connectivity index (χ0) is 38.9. The monoisotopic (exact) mass is 789 g/mol. The number of hydrogen-bond donors (Lipinski definition) is 5. The number of piperidine rings is 1. The molecule has 8 rings (SSSR count). The van der Waals surface area contributed by atoms with E-state index < -0.39 is 30.2 Å². The number of rotatable bonds is 8. The van der Waals surface area contributed by atoms with Crippen molar-refractivity contribution in [1.82, 2.24) is 29.9 Å². The molecule has 302 valence electrons. The number of fused-ring (bicyclic) bond motifs is 5. The van der Waals surface area contributed by atoms with Gasteiger partial charge in [-0.15, -0.1) is 5.10 Å². The Morgan fingerprint density at radius 1 is 1.05 bits per heavy atom. The van der Waals surface area contributed by atoms with Crippen molar-refractivity contribution < 1.29 is 38.3 Å². The van der Waals surface area contributed by atoms with Crippen LogP contribution in [0.15, 0.2) is 36.8 Å². The summed E-state index contributed by atoms with van der Waals surface area (Å²) in [5.41, 5.74) is 2.45. The molecule has 0 spiro atoms. The second-order valence-electron chi connectivity index (χ2n) is 16.3. The van der Waals surface area contributed by atoms with Gasteiger partial charge in [-0.3, -0.25) is 4.98 Å². The number of halogens is 3. The number of nitrogens with one attached hydrogen (secondary N) is 1. The molecule has 16 heteroatoms. The first kappa shape index (κ1) is 40.2. The van der Waals surface area contributed by atoms with E-state index in [2.05, 4.69) is 42.9 Å². The van der Waals surface area contributed by atoms with Gasteiger partial charge in [0.05, 0.1) is 43.4 Å². The second kappa shape index (κ2) is 16.8. The number of aliphatic hydroxyl groups excluding tert-OH is 3. The van der Waals surface area contributed by atoms with Gasteiger partial charge in [0.2, 0.25) is 0 Å². The maximum absolute atomic E-state index is 12.1. The fraction of sp³-hybridized carbons (Fsp3) is 0.692. The normalized spacial score (nSPS) is 32.5. The lowest BCUT2D eigenvalue weighted by Crippen LogP contribution is -2.47. The van der Waals surface area contributed by atoms with Crippen molar-refractivity contribution in [2.24, 2.45) is 23.2 Å². The average molecular weight is 790 g/mol. The Bertz CT molecular complexity index is 1750. The highest BCUT2D eigenvalue weighted by Crippen LogP contribution is 2.62. The maximum Gasteiger partial charge on any atom is 0.434 e. The Morgan fingerprint density at radius 3 is 2.62 bits per heavy atom. The van der Waals surface area contributed by atoms with Crippen LogP contribution in [0.2, 0.25) is 0 Å². The molecule has 9 atom stereocenters. The second-order valence-corrected chi connectivity index (χ2v) is 17.0. The number of nitrogens with zero attached hydrogens (tertiary/aromatic N) is 6. The van der Waals surface area contributed by atoms with Crippen LogP contribution in [0.5, 0.6) is 5.75 Å². The Kier molecular flexibility index (Phi) is 12.3. The minimum Gasteiger partial charge on any atom is -0.508 e. The number of ether oxygens (including phenoxy) is 1. The number of anilines is 1. The first-order chi connectivity index (χ1) is 26.4. The molecule has 9 unspecified atom stereocenters. The van der Waals surface area contributed by atoms with Gasteiger partial charge in [-0.05, 0) is 123 Å². The Hall–Kier alpha value is -3.02. The number of aromatic hydroxyl groups is 1. The molecule has 2 aromatic heterocycles. The largest absolute Gasteiger partial charge is 0.508 e. The molecule has 4 heterocycles. The van der Waals surface area contributed by atoms with E-state index in [1.807, 2.05) is 23.0 Å². The quantitative estimate of drug-likeness (QED) is 0.172. The number of phenols is 1. The molecule has 0 radical (unpaired) electrons. The third-order valence-corrected chi connectivity index (χ3v) is 13.6. The highest BCUT2D eigenvalue weighted by atomic mass is 32.2. The van der Waals surface area contributed by atoms with Gasteiger partial charge in [0.1, 0.15) is 23.7 Å². The summed E-state index contributed by atoms with van der Waals surface area (Å²) < 4.78 is 46.4. The third kappa shape index (κ3) is 8.64. The lowest BCUT2D eigenvalue weighted by molar-refractivity contribution is -0.141. The van der Waals surface area contributed by atoms with Crippen LogP contribution in [0.25, 0.3) is 0 Å². The van der Waals surface area contributed by atoms with Crippen LogP contribution < -0.4 is 4.72 Å². The van der Waals surface area contributed by atoms with Crippen LogP contribution in [-0.4, -0.2) is 101 Å². The smallest absolute Gasteiger partial charge is 0.434 e. The molecule has 3 aliphatic carbocycles. The summed E-state index contributed by atoms with van der Waals surface area (Å²) >= 11 is 1.15. The lowest BCUT2D eigenvalue weighted by Gasteiger charge is -2.53. The number of aromatic nitrogens is 5. The van der Waals surface area contributed by atoms with Gasteiger partial charge >= 0.3 is 6.18 Å². The summed E-state index contributed by atoms with van der Waals surface area (Å²) in [6, 6.07) is 6.35. The summed E-state index contributed by atoms with van der Waals surface area (Å²) in [7, 11) is 0. The standard InChI is InChI=1S/C33H48N4O5.C6H6F3N3S/c1-33-12-8-25-24-5-4-23(38)18-21(24)17-20(30(25)26(33)6-7-29(33)40)3-2-13-36-14-9-22(10-15-36)37-19-27(34-35-37)32-31(41)28(39)11-16-42-32;1-13-12-5-3-10-2-4(11-5)6(7,8)9/h4-5,18-20,22,25-26,28-32,38-41H,2-3,6-17H2,1H3;2-3H,1H3,(H,11,12). The van der Waals surface area contributed by atoms with Crippen molar-refractivity contribution in [3.05, 3.63) is 59.3 Å². The van der Waals surface area contributed by atoms with Crippen molar-refractivity contribution in [2.45, 2.75) is 114 Å². The summed E-state index contributed by atoms with van der Waals surface area (Å²) in [4.78, 5) is 9.31. The minimum absolute atomic E-state index is 0.0535. The van der Waals surface area contributed by atoms with Crippen LogP contribution in [0.1, 0.15) is 105 Å². The van der Waals surface area contributed by atoms with E-state index in [1.54, 1.807) is 6.26 Å². The van der Waals surface area contributed by atoms with Gasteiger partial charge in [0.25, 0.3) is 0 Å². The zero-order valence-electron chi connectivity index (χ0n) is 31.5. The van der Waals surface area contributed by atoms with E-state index in [1.165, 1.54) is 30.2 Å². The van der Waals surface area contributed by atoms with E-state index in [9.17, 15) is 33.6 Å². The van der Waals surface area contributed by atoms with E-state index in [4.69, 9.17) is 4.74 Å². The van der Waals surface area contributed by atoms with Crippen molar-refractivity contribution in [1.29, 1.82) is 0 Å². The van der Waals surface area contributed by atoms with Crippen molar-refractivity contribution in [2.75, 3.05) is 37.2 Å². The Labute approximate surface area is 324 Å². The van der Waals surface area contributed by atoms with Gasteiger partial charge in [-0.25, -0.2) is 9.67 Å². The minimum atomic E-state index is -4.44. The van der Waals surface area contributed by atoms with Crippen LogP contribution in [0, 0.1) is 23.2 Å². The number of benzene rings is 1. The van der Waals surface area contributed by atoms with Crippen LogP contribution in [0.3, 0.4) is 0 Å². The molecule has 0 amide bonds. The maximum atomic E-state index is 12.1. The molecule has 1 aromatic carbocycles. The van der Waals surface area contributed by atoms with E-state index in [-0.39, 0.29) is 23.4 Å². The van der Waals surface area contributed by atoms with Gasteiger partial charge in [-0.1, -0.05) is 30.2 Å². The zero-order valence-corrected chi connectivity index (χ0v) is 32.3. The molecule has 2 saturated carbocycles. The molecule has 4 fully saturated rings. The van der Waals surface area contributed by atoms with Crippen LogP contribution in [-0.2, 0) is 17.3 Å². The van der Waals surface area contributed by atoms with Gasteiger partial charge in [0.15, 0.2) is 11.5 Å². The SMILES string of the molecule is CC12CCC3c4ccc(O)cc4CC(CCCN4CCC(n5cc(C6OCCC(O)C6O)nn5)CC4)C3C1CCC2O.CSNc1cncc(C(F)(F)F)n1. The van der Waals surface area contributed by atoms with Crippen molar-refractivity contribution >= 4 is 17.8 Å². The number of aliphatic hydroxyl groups is 3. The summed E-state index contributed by atoms with van der Waals surface area (Å²) in [5, 5.41) is 50.2. The number of alkyl halides is 3. The van der Waals surface area contributed by atoms with E-state index >= 15 is 0 Å². The van der Waals surface area contributed by atoms with Gasteiger partial charge < -0.3 is 34.8 Å². The molecular weight excluding hydrogens is 736 g/mol. The number of phenolic OH excluding ortho intramolecular Hbond substituents is 1. The molecule has 5 aliphatic rings. The molecule has 2 saturated heterocycles. The fourth-order valence-electron chi connectivity index (χ4n) is 10.3. The third-order valence-electron chi connectivity index (χ3n) is 13.2.